The third-order valence-corrected chi connectivity index (χ3v) is 2.90. The van der Waals surface area contributed by atoms with Crippen molar-refractivity contribution in [3.05, 3.63) is 23.2 Å². The van der Waals surface area contributed by atoms with Gasteiger partial charge < -0.3 is 4.90 Å². The first kappa shape index (κ1) is 13.9. The molecule has 1 amide bonds. The van der Waals surface area contributed by atoms with Crippen molar-refractivity contribution in [1.82, 2.24) is 14.9 Å². The number of carbonyl (C=O) groups excluding carboxylic acids is 1. The number of nitrogens with zero attached hydrogens (tertiary/aromatic N) is 3. The standard InChI is InChI=1S/C12H18ClN3O/c1-4-9(3)8-16(5-2)12(17)10-6-14-7-11(13)15-10/h6-7,9H,4-5,8H2,1-3H3. The van der Waals surface area contributed by atoms with Gasteiger partial charge in [0.1, 0.15) is 10.8 Å². The topological polar surface area (TPSA) is 46.1 Å². The minimum Gasteiger partial charge on any atom is -0.337 e. The number of hydrogen-bond donors (Lipinski definition) is 0. The van der Waals surface area contributed by atoms with E-state index in [0.717, 1.165) is 13.0 Å². The molecule has 17 heavy (non-hydrogen) atoms. The van der Waals surface area contributed by atoms with Crippen molar-refractivity contribution in [3.63, 3.8) is 0 Å². The van der Waals surface area contributed by atoms with Crippen LogP contribution in [-0.2, 0) is 0 Å². The van der Waals surface area contributed by atoms with E-state index >= 15 is 0 Å². The fourth-order valence-corrected chi connectivity index (χ4v) is 1.62. The van der Waals surface area contributed by atoms with Gasteiger partial charge in [-0.3, -0.25) is 9.78 Å². The molecule has 1 heterocycles. The van der Waals surface area contributed by atoms with E-state index in [-0.39, 0.29) is 11.1 Å². The van der Waals surface area contributed by atoms with Gasteiger partial charge >= 0.3 is 0 Å². The summed E-state index contributed by atoms with van der Waals surface area (Å²) in [5, 5.41) is 0.246. The third kappa shape index (κ3) is 3.97. The molecule has 0 bridgehead atoms. The summed E-state index contributed by atoms with van der Waals surface area (Å²) < 4.78 is 0. The highest BCUT2D eigenvalue weighted by atomic mass is 35.5. The second-order valence-corrected chi connectivity index (χ2v) is 4.47. The molecule has 0 radical (unpaired) electrons. The highest BCUT2D eigenvalue weighted by Crippen LogP contribution is 2.09. The van der Waals surface area contributed by atoms with Gasteiger partial charge in [-0.1, -0.05) is 31.9 Å². The van der Waals surface area contributed by atoms with Crippen molar-refractivity contribution < 1.29 is 4.79 Å². The van der Waals surface area contributed by atoms with Gasteiger partial charge in [0.05, 0.1) is 12.4 Å². The first-order chi connectivity index (χ1) is 8.08. The molecular formula is C12H18ClN3O. The van der Waals surface area contributed by atoms with Gasteiger partial charge in [-0.25, -0.2) is 4.98 Å². The van der Waals surface area contributed by atoms with E-state index in [2.05, 4.69) is 23.8 Å². The van der Waals surface area contributed by atoms with Crippen LogP contribution in [-0.4, -0.2) is 33.9 Å². The van der Waals surface area contributed by atoms with E-state index in [1.165, 1.54) is 12.4 Å². The third-order valence-electron chi connectivity index (χ3n) is 2.72. The number of carbonyl (C=O) groups is 1. The normalized spacial score (nSPS) is 12.2. The van der Waals surface area contributed by atoms with Gasteiger partial charge in [0.2, 0.25) is 0 Å². The zero-order valence-corrected chi connectivity index (χ0v) is 11.2. The maximum absolute atomic E-state index is 12.1. The molecule has 4 nitrogen and oxygen atoms in total. The van der Waals surface area contributed by atoms with Crippen LogP contribution in [0.5, 0.6) is 0 Å². The molecule has 0 saturated carbocycles. The van der Waals surface area contributed by atoms with Gasteiger partial charge in [-0.15, -0.1) is 0 Å². The molecule has 1 aromatic heterocycles. The average Bonchev–Trinajstić information content (AvgIpc) is 2.34. The predicted octanol–water partition coefficient (Wildman–Crippen LogP) is 2.64. The lowest BCUT2D eigenvalue weighted by atomic mass is 10.1. The van der Waals surface area contributed by atoms with E-state index in [1.807, 2.05) is 6.92 Å². The summed E-state index contributed by atoms with van der Waals surface area (Å²) >= 11 is 5.73. The highest BCUT2D eigenvalue weighted by molar-refractivity contribution is 6.29. The fraction of sp³-hybridized carbons (Fsp3) is 0.583. The molecular weight excluding hydrogens is 238 g/mol. The number of amides is 1. The van der Waals surface area contributed by atoms with Crippen molar-refractivity contribution >= 4 is 17.5 Å². The van der Waals surface area contributed by atoms with E-state index in [1.54, 1.807) is 4.90 Å². The van der Waals surface area contributed by atoms with Crippen LogP contribution in [0.3, 0.4) is 0 Å². The molecule has 0 fully saturated rings. The molecule has 5 heteroatoms. The second kappa shape index (κ2) is 6.55. The fourth-order valence-electron chi connectivity index (χ4n) is 1.47. The van der Waals surface area contributed by atoms with Crippen LogP contribution in [0.15, 0.2) is 12.4 Å². The number of aromatic nitrogens is 2. The quantitative estimate of drug-likeness (QED) is 0.813. The van der Waals surface area contributed by atoms with Gasteiger partial charge in [0.25, 0.3) is 5.91 Å². The molecule has 0 aliphatic rings. The van der Waals surface area contributed by atoms with E-state index < -0.39 is 0 Å². The zero-order chi connectivity index (χ0) is 12.8. The van der Waals surface area contributed by atoms with E-state index in [4.69, 9.17) is 11.6 Å². The Bertz CT molecular complexity index is 384. The van der Waals surface area contributed by atoms with Crippen LogP contribution < -0.4 is 0 Å². The lowest BCUT2D eigenvalue weighted by molar-refractivity contribution is 0.0734. The molecule has 1 rings (SSSR count). The highest BCUT2D eigenvalue weighted by Gasteiger charge is 2.17. The van der Waals surface area contributed by atoms with Crippen molar-refractivity contribution in [2.75, 3.05) is 13.1 Å². The molecule has 0 aliphatic carbocycles. The Kier molecular flexibility index (Phi) is 5.35. The van der Waals surface area contributed by atoms with Crippen LogP contribution in [0.2, 0.25) is 5.15 Å². The summed E-state index contributed by atoms with van der Waals surface area (Å²) in [7, 11) is 0. The van der Waals surface area contributed by atoms with Crippen LogP contribution >= 0.6 is 11.6 Å². The minimum atomic E-state index is -0.109. The van der Waals surface area contributed by atoms with Crippen molar-refractivity contribution in [2.24, 2.45) is 5.92 Å². The second-order valence-electron chi connectivity index (χ2n) is 4.08. The Morgan fingerprint density at radius 3 is 2.71 bits per heavy atom. The average molecular weight is 256 g/mol. The van der Waals surface area contributed by atoms with Crippen molar-refractivity contribution in [3.8, 4) is 0 Å². The molecule has 1 aromatic rings. The van der Waals surface area contributed by atoms with Crippen molar-refractivity contribution in [2.45, 2.75) is 27.2 Å². The summed E-state index contributed by atoms with van der Waals surface area (Å²) in [5.41, 5.74) is 0.308. The molecule has 94 valence electrons. The van der Waals surface area contributed by atoms with Gasteiger partial charge in [0.15, 0.2) is 0 Å². The van der Waals surface area contributed by atoms with Crippen LogP contribution in [0.4, 0.5) is 0 Å². The Morgan fingerprint density at radius 1 is 1.47 bits per heavy atom. The molecule has 1 atom stereocenters. The summed E-state index contributed by atoms with van der Waals surface area (Å²) in [6.45, 7) is 7.59. The molecule has 0 spiro atoms. The smallest absolute Gasteiger partial charge is 0.274 e. The molecule has 0 saturated heterocycles. The van der Waals surface area contributed by atoms with E-state index in [9.17, 15) is 4.79 Å². The van der Waals surface area contributed by atoms with Crippen LogP contribution in [0.1, 0.15) is 37.7 Å². The molecule has 0 aromatic carbocycles. The number of rotatable bonds is 5. The van der Waals surface area contributed by atoms with Crippen molar-refractivity contribution in [1.29, 1.82) is 0 Å². The zero-order valence-electron chi connectivity index (χ0n) is 10.5. The molecule has 1 unspecified atom stereocenters. The molecule has 0 N–H and O–H groups in total. The SMILES string of the molecule is CCC(C)CN(CC)C(=O)c1cncc(Cl)n1. The molecule has 0 aliphatic heterocycles. The van der Waals surface area contributed by atoms with Gasteiger partial charge in [0, 0.05) is 13.1 Å². The number of halogens is 1. The first-order valence-electron chi connectivity index (χ1n) is 5.85. The Hall–Kier alpha value is -1.16. The monoisotopic (exact) mass is 255 g/mol. The Balaban J connectivity index is 2.79. The predicted molar refractivity (Wildman–Crippen MR) is 68.1 cm³/mol. The van der Waals surface area contributed by atoms with Gasteiger partial charge in [-0.2, -0.15) is 0 Å². The number of hydrogen-bond acceptors (Lipinski definition) is 3. The minimum absolute atomic E-state index is 0.109. The largest absolute Gasteiger partial charge is 0.337 e. The Labute approximate surface area is 107 Å². The first-order valence-corrected chi connectivity index (χ1v) is 6.23. The lowest BCUT2D eigenvalue weighted by Gasteiger charge is -2.23. The van der Waals surface area contributed by atoms with Gasteiger partial charge in [-0.05, 0) is 12.8 Å². The van der Waals surface area contributed by atoms with Crippen LogP contribution in [0, 0.1) is 5.92 Å². The Morgan fingerprint density at radius 2 is 2.18 bits per heavy atom. The van der Waals surface area contributed by atoms with Crippen LogP contribution in [0.25, 0.3) is 0 Å². The summed E-state index contributed by atoms with van der Waals surface area (Å²) in [4.78, 5) is 21.8. The lowest BCUT2D eigenvalue weighted by Crippen LogP contribution is -2.35. The maximum Gasteiger partial charge on any atom is 0.274 e. The summed E-state index contributed by atoms with van der Waals surface area (Å²) in [5.74, 6) is 0.369. The summed E-state index contributed by atoms with van der Waals surface area (Å²) in [6, 6.07) is 0. The van der Waals surface area contributed by atoms with E-state index in [0.29, 0.717) is 18.2 Å². The summed E-state index contributed by atoms with van der Waals surface area (Å²) in [6.07, 6.45) is 3.92. The maximum atomic E-state index is 12.1.